The Kier molecular flexibility index (Phi) is 6.58. The lowest BCUT2D eigenvalue weighted by Gasteiger charge is -2.32. The first kappa shape index (κ1) is 22.4. The van der Waals surface area contributed by atoms with E-state index in [9.17, 15) is 4.79 Å². The van der Waals surface area contributed by atoms with E-state index in [1.54, 1.807) is 4.90 Å². The molecule has 0 aliphatic carbocycles. The van der Waals surface area contributed by atoms with Gasteiger partial charge in [0.05, 0.1) is 16.8 Å². The van der Waals surface area contributed by atoms with E-state index in [2.05, 4.69) is 0 Å². The molecule has 1 amide bonds. The molecule has 1 fully saturated rings. The van der Waals surface area contributed by atoms with Crippen LogP contribution in [0.3, 0.4) is 0 Å². The van der Waals surface area contributed by atoms with E-state index >= 15 is 0 Å². The molecule has 0 aromatic heterocycles. The van der Waals surface area contributed by atoms with Crippen LogP contribution in [0.2, 0.25) is 0 Å². The molecular weight excluding hydrogens is 377 g/mol. The van der Waals surface area contributed by atoms with Crippen molar-refractivity contribution in [3.8, 4) is 5.75 Å². The first-order valence-electron chi connectivity index (χ1n) is 10.6. The molecule has 2 aromatic carbocycles. The predicted octanol–water partition coefficient (Wildman–Crippen LogP) is 4.05. The highest BCUT2D eigenvalue weighted by molar-refractivity contribution is 6.62. The number of benzene rings is 2. The Hall–Kier alpha value is -2.31. The van der Waals surface area contributed by atoms with Crippen LogP contribution in [0.5, 0.6) is 5.75 Å². The van der Waals surface area contributed by atoms with E-state index in [0.717, 1.165) is 11.0 Å². The van der Waals surface area contributed by atoms with Crippen molar-refractivity contribution in [2.24, 2.45) is 0 Å². The number of amides is 1. The van der Waals surface area contributed by atoms with Crippen molar-refractivity contribution in [2.45, 2.75) is 59.4 Å². The normalized spacial score (nSPS) is 17.1. The number of hydrogen-bond acceptors (Lipinski definition) is 4. The number of carbonyl (C=O) groups is 1. The molecule has 1 saturated heterocycles. The van der Waals surface area contributed by atoms with Gasteiger partial charge in [0.15, 0.2) is 0 Å². The second-order valence-electron chi connectivity index (χ2n) is 8.60. The summed E-state index contributed by atoms with van der Waals surface area (Å²) in [6.07, 6.45) is 0. The fourth-order valence-corrected chi connectivity index (χ4v) is 3.38. The van der Waals surface area contributed by atoms with Crippen LogP contribution in [0.1, 0.15) is 57.5 Å². The lowest BCUT2D eigenvalue weighted by molar-refractivity contribution is 0.00578. The van der Waals surface area contributed by atoms with Crippen LogP contribution in [0.15, 0.2) is 48.5 Å². The molecule has 1 heterocycles. The van der Waals surface area contributed by atoms with Crippen molar-refractivity contribution in [1.29, 1.82) is 0 Å². The minimum Gasteiger partial charge on any atom is -0.488 e. The highest BCUT2D eigenvalue weighted by Gasteiger charge is 2.51. The van der Waals surface area contributed by atoms with E-state index in [1.165, 1.54) is 0 Å². The van der Waals surface area contributed by atoms with Crippen LogP contribution >= 0.6 is 0 Å². The fraction of sp³-hybridized carbons (Fsp3) is 0.458. The van der Waals surface area contributed by atoms with Gasteiger partial charge in [0.2, 0.25) is 0 Å². The lowest BCUT2D eigenvalue weighted by Crippen LogP contribution is -2.41. The van der Waals surface area contributed by atoms with Gasteiger partial charge in [-0.05, 0) is 64.7 Å². The third kappa shape index (κ3) is 4.55. The monoisotopic (exact) mass is 409 g/mol. The Morgan fingerprint density at radius 2 is 1.57 bits per heavy atom. The molecule has 1 aliphatic rings. The Bertz CT molecular complexity index is 862. The largest absolute Gasteiger partial charge is 0.494 e. The molecule has 0 atom stereocenters. The van der Waals surface area contributed by atoms with Gasteiger partial charge in [-0.2, -0.15) is 0 Å². The van der Waals surface area contributed by atoms with Crippen LogP contribution in [-0.2, 0) is 15.9 Å². The van der Waals surface area contributed by atoms with Gasteiger partial charge in [-0.3, -0.25) is 4.79 Å². The number of carbonyl (C=O) groups excluding carboxylic acids is 1. The smallest absolute Gasteiger partial charge is 0.488 e. The average molecular weight is 409 g/mol. The molecule has 5 nitrogen and oxygen atoms in total. The predicted molar refractivity (Wildman–Crippen MR) is 120 cm³/mol. The number of ether oxygens (including phenoxy) is 1. The van der Waals surface area contributed by atoms with E-state index in [-0.39, 0.29) is 5.91 Å². The fourth-order valence-electron chi connectivity index (χ4n) is 3.38. The Balaban J connectivity index is 1.92. The number of hydrogen-bond donors (Lipinski definition) is 0. The minimum absolute atomic E-state index is 0.0542. The van der Waals surface area contributed by atoms with Gasteiger partial charge in [-0.1, -0.05) is 36.4 Å². The molecule has 0 saturated carbocycles. The SMILES string of the molecule is CCN(CC)C(=O)c1cc(B2OC(C)(C)C(C)(C)O2)ccc1OCc1ccccc1. The van der Waals surface area contributed by atoms with Crippen LogP contribution in [0, 0.1) is 0 Å². The summed E-state index contributed by atoms with van der Waals surface area (Å²) in [7, 11) is -0.526. The first-order chi connectivity index (χ1) is 14.2. The van der Waals surface area contributed by atoms with Gasteiger partial charge < -0.3 is 18.9 Å². The van der Waals surface area contributed by atoms with Crippen molar-refractivity contribution >= 4 is 18.5 Å². The van der Waals surface area contributed by atoms with Crippen LogP contribution < -0.4 is 10.2 Å². The lowest BCUT2D eigenvalue weighted by atomic mass is 9.78. The number of rotatable bonds is 7. The summed E-state index contributed by atoms with van der Waals surface area (Å²) in [6.45, 7) is 13.7. The summed E-state index contributed by atoms with van der Waals surface area (Å²) in [4.78, 5) is 15.0. The van der Waals surface area contributed by atoms with E-state index in [1.807, 2.05) is 90.1 Å². The third-order valence-corrected chi connectivity index (χ3v) is 6.05. The maximum absolute atomic E-state index is 13.2. The zero-order valence-electron chi connectivity index (χ0n) is 18.9. The summed E-state index contributed by atoms with van der Waals surface area (Å²) in [5, 5.41) is 0. The molecule has 1 aliphatic heterocycles. The van der Waals surface area contributed by atoms with Gasteiger partial charge in [-0.15, -0.1) is 0 Å². The maximum atomic E-state index is 13.2. The standard InChI is InChI=1S/C24H32BNO4/c1-7-26(8-2)22(27)20-16-19(25-29-23(3,4)24(5,6)30-25)14-15-21(20)28-17-18-12-10-9-11-13-18/h9-16H,7-8,17H2,1-6H3. The summed E-state index contributed by atoms with van der Waals surface area (Å²) < 4.78 is 18.4. The molecule has 0 spiro atoms. The van der Waals surface area contributed by atoms with Gasteiger partial charge in [-0.25, -0.2) is 0 Å². The quantitative estimate of drug-likeness (QED) is 0.648. The number of nitrogens with zero attached hydrogens (tertiary/aromatic N) is 1. The summed E-state index contributed by atoms with van der Waals surface area (Å²) in [5.41, 5.74) is 1.51. The summed E-state index contributed by atoms with van der Waals surface area (Å²) in [5.74, 6) is 0.512. The van der Waals surface area contributed by atoms with Gasteiger partial charge >= 0.3 is 7.12 Å². The Morgan fingerprint density at radius 1 is 0.967 bits per heavy atom. The first-order valence-corrected chi connectivity index (χ1v) is 10.6. The molecule has 0 bridgehead atoms. The zero-order chi connectivity index (χ0) is 21.9. The molecule has 0 unspecified atom stereocenters. The highest BCUT2D eigenvalue weighted by atomic mass is 16.7. The molecule has 3 rings (SSSR count). The summed E-state index contributed by atoms with van der Waals surface area (Å²) >= 11 is 0. The van der Waals surface area contributed by atoms with Crippen molar-refractivity contribution < 1.29 is 18.8 Å². The molecule has 6 heteroatoms. The van der Waals surface area contributed by atoms with E-state index in [0.29, 0.717) is 31.0 Å². The van der Waals surface area contributed by atoms with E-state index in [4.69, 9.17) is 14.0 Å². The average Bonchev–Trinajstić information content (AvgIpc) is 2.95. The van der Waals surface area contributed by atoms with Crippen LogP contribution in [0.4, 0.5) is 0 Å². The molecule has 0 N–H and O–H groups in total. The minimum atomic E-state index is -0.526. The van der Waals surface area contributed by atoms with Gasteiger partial charge in [0.25, 0.3) is 5.91 Å². The van der Waals surface area contributed by atoms with Crippen molar-refractivity contribution in [2.75, 3.05) is 13.1 Å². The van der Waals surface area contributed by atoms with Gasteiger partial charge in [0, 0.05) is 13.1 Å². The van der Waals surface area contributed by atoms with Crippen LogP contribution in [-0.4, -0.2) is 42.2 Å². The second kappa shape index (κ2) is 8.82. The molecule has 0 radical (unpaired) electrons. The van der Waals surface area contributed by atoms with E-state index < -0.39 is 18.3 Å². The van der Waals surface area contributed by atoms with Gasteiger partial charge in [0.1, 0.15) is 12.4 Å². The second-order valence-corrected chi connectivity index (χ2v) is 8.60. The highest BCUT2D eigenvalue weighted by Crippen LogP contribution is 2.36. The Labute approximate surface area is 180 Å². The molecular formula is C24H32BNO4. The van der Waals surface area contributed by atoms with Crippen LogP contribution in [0.25, 0.3) is 0 Å². The topological polar surface area (TPSA) is 48.0 Å². The zero-order valence-corrected chi connectivity index (χ0v) is 18.9. The molecule has 2 aromatic rings. The third-order valence-electron chi connectivity index (χ3n) is 6.05. The van der Waals surface area contributed by atoms with Crippen molar-refractivity contribution in [1.82, 2.24) is 4.90 Å². The Morgan fingerprint density at radius 3 is 2.13 bits per heavy atom. The maximum Gasteiger partial charge on any atom is 0.494 e. The molecule has 160 valence electrons. The van der Waals surface area contributed by atoms with Crippen molar-refractivity contribution in [3.63, 3.8) is 0 Å². The van der Waals surface area contributed by atoms with Crippen molar-refractivity contribution in [3.05, 3.63) is 59.7 Å². The summed E-state index contributed by atoms with van der Waals surface area (Å²) in [6, 6.07) is 15.5. The molecule has 30 heavy (non-hydrogen) atoms.